The van der Waals surface area contributed by atoms with Crippen LogP contribution in [0.15, 0.2) is 42.5 Å². The van der Waals surface area contributed by atoms with Gasteiger partial charge in [-0.2, -0.15) is 0 Å². The van der Waals surface area contributed by atoms with Crippen molar-refractivity contribution in [3.05, 3.63) is 70.8 Å². The van der Waals surface area contributed by atoms with Crippen LogP contribution >= 0.6 is 0 Å². The van der Waals surface area contributed by atoms with Crippen molar-refractivity contribution in [2.45, 2.75) is 19.4 Å². The fourth-order valence-corrected chi connectivity index (χ4v) is 2.53. The summed E-state index contributed by atoms with van der Waals surface area (Å²) < 4.78 is 26.9. The summed E-state index contributed by atoms with van der Waals surface area (Å²) in [5.74, 6) is -1.99. The fourth-order valence-electron chi connectivity index (χ4n) is 2.53. The molecule has 1 unspecified atom stereocenters. The van der Waals surface area contributed by atoms with Crippen molar-refractivity contribution in [2.24, 2.45) is 0 Å². The number of benzene rings is 2. The number of hydrogen-bond acceptors (Lipinski definition) is 2. The van der Waals surface area contributed by atoms with Crippen molar-refractivity contribution >= 4 is 5.91 Å². The second kappa shape index (κ2) is 8.02. The summed E-state index contributed by atoms with van der Waals surface area (Å²) in [5, 5.41) is 2.69. The van der Waals surface area contributed by atoms with E-state index in [1.807, 2.05) is 31.1 Å². The van der Waals surface area contributed by atoms with E-state index < -0.39 is 17.5 Å². The third kappa shape index (κ3) is 4.38. The molecule has 0 fully saturated rings. The second-order valence-corrected chi connectivity index (χ2v) is 5.91. The van der Waals surface area contributed by atoms with E-state index in [4.69, 9.17) is 0 Å². The number of nitrogens with zero attached hydrogens (tertiary/aromatic N) is 1. The molecule has 2 rings (SSSR count). The van der Waals surface area contributed by atoms with Gasteiger partial charge >= 0.3 is 0 Å². The number of likely N-dealkylation sites (N-methyl/N-ethyl adjacent to an activating group) is 1. The zero-order chi connectivity index (χ0) is 17.7. The smallest absolute Gasteiger partial charge is 0.254 e. The van der Waals surface area contributed by atoms with Crippen LogP contribution < -0.4 is 5.32 Å². The Balaban J connectivity index is 2.10. The molecule has 1 N–H and O–H groups in total. The lowest BCUT2D eigenvalue weighted by Gasteiger charge is -2.25. The summed E-state index contributed by atoms with van der Waals surface area (Å²) in [6.45, 7) is 2.39. The highest BCUT2D eigenvalue weighted by atomic mass is 19.1. The van der Waals surface area contributed by atoms with Crippen LogP contribution in [0, 0.1) is 11.6 Å². The van der Waals surface area contributed by atoms with E-state index >= 15 is 0 Å². The Bertz CT molecular complexity index is 699. The molecule has 5 heteroatoms. The maximum absolute atomic E-state index is 13.7. The lowest BCUT2D eigenvalue weighted by Crippen LogP contribution is -2.35. The van der Waals surface area contributed by atoms with E-state index in [2.05, 4.69) is 24.4 Å². The molecule has 24 heavy (non-hydrogen) atoms. The molecule has 0 saturated heterocycles. The summed E-state index contributed by atoms with van der Waals surface area (Å²) >= 11 is 0. The summed E-state index contributed by atoms with van der Waals surface area (Å²) in [6, 6.07) is 11.0. The van der Waals surface area contributed by atoms with Gasteiger partial charge in [0, 0.05) is 6.54 Å². The molecule has 1 atom stereocenters. The Labute approximate surface area is 141 Å². The van der Waals surface area contributed by atoms with Crippen molar-refractivity contribution in [1.29, 1.82) is 0 Å². The van der Waals surface area contributed by atoms with Crippen LogP contribution in [0.25, 0.3) is 0 Å². The minimum Gasteiger partial charge on any atom is -0.350 e. The molecule has 0 saturated carbocycles. The Hall–Kier alpha value is -2.27. The topological polar surface area (TPSA) is 32.3 Å². The van der Waals surface area contributed by atoms with Gasteiger partial charge in [0.05, 0.1) is 11.6 Å². The quantitative estimate of drug-likeness (QED) is 0.877. The van der Waals surface area contributed by atoms with E-state index in [1.54, 1.807) is 0 Å². The van der Waals surface area contributed by atoms with Gasteiger partial charge in [-0.1, -0.05) is 31.2 Å². The number of amides is 1. The predicted molar refractivity (Wildman–Crippen MR) is 90.9 cm³/mol. The molecule has 0 heterocycles. The summed E-state index contributed by atoms with van der Waals surface area (Å²) in [5.41, 5.74) is 2.01. The normalized spacial score (nSPS) is 12.2. The van der Waals surface area contributed by atoms with Crippen LogP contribution in [-0.2, 0) is 6.42 Å². The van der Waals surface area contributed by atoms with Gasteiger partial charge in [-0.15, -0.1) is 0 Å². The maximum Gasteiger partial charge on any atom is 0.254 e. The van der Waals surface area contributed by atoms with Gasteiger partial charge in [-0.3, -0.25) is 4.79 Å². The van der Waals surface area contributed by atoms with Crippen LogP contribution in [-0.4, -0.2) is 31.4 Å². The molecular formula is C19H22F2N2O. The first-order chi connectivity index (χ1) is 11.4. The van der Waals surface area contributed by atoms with Gasteiger partial charge in [-0.05, 0) is 49.8 Å². The molecule has 0 radical (unpaired) electrons. The highest BCUT2D eigenvalue weighted by Crippen LogP contribution is 2.19. The van der Waals surface area contributed by atoms with E-state index in [1.165, 1.54) is 5.56 Å². The molecule has 0 aliphatic heterocycles. The van der Waals surface area contributed by atoms with Crippen LogP contribution in [0.1, 0.15) is 34.5 Å². The molecule has 0 aliphatic rings. The van der Waals surface area contributed by atoms with E-state index in [-0.39, 0.29) is 11.6 Å². The number of aryl methyl sites for hydroxylation is 1. The molecule has 3 nitrogen and oxygen atoms in total. The van der Waals surface area contributed by atoms with Crippen LogP contribution in [0.4, 0.5) is 8.78 Å². The van der Waals surface area contributed by atoms with Gasteiger partial charge in [0.1, 0.15) is 11.6 Å². The van der Waals surface area contributed by atoms with Crippen LogP contribution in [0.5, 0.6) is 0 Å². The second-order valence-electron chi connectivity index (χ2n) is 5.91. The lowest BCUT2D eigenvalue weighted by molar-refractivity contribution is 0.0937. The van der Waals surface area contributed by atoms with Crippen LogP contribution in [0.2, 0.25) is 0 Å². The van der Waals surface area contributed by atoms with E-state index in [0.29, 0.717) is 6.54 Å². The fraction of sp³-hybridized carbons (Fsp3) is 0.316. The zero-order valence-corrected chi connectivity index (χ0v) is 14.1. The number of hydrogen-bond donors (Lipinski definition) is 1. The lowest BCUT2D eigenvalue weighted by atomic mass is 10.0. The summed E-state index contributed by atoms with van der Waals surface area (Å²) in [4.78, 5) is 14.1. The summed E-state index contributed by atoms with van der Waals surface area (Å²) in [6.07, 6.45) is 0.961. The standard InChI is InChI=1S/C19H22F2N2O/c1-4-13-5-7-14(8-6-13)18(23(2)3)12-22-19(24)16-11-15(20)9-10-17(16)21/h5-11,18H,4,12H2,1-3H3,(H,22,24). The molecule has 2 aromatic rings. The predicted octanol–water partition coefficient (Wildman–Crippen LogP) is 3.56. The van der Waals surface area contributed by atoms with Gasteiger partial charge in [0.15, 0.2) is 0 Å². The first-order valence-electron chi connectivity index (χ1n) is 7.91. The monoisotopic (exact) mass is 332 g/mol. The first kappa shape index (κ1) is 18.1. The number of nitrogens with one attached hydrogen (secondary N) is 1. The molecular weight excluding hydrogens is 310 g/mol. The highest BCUT2D eigenvalue weighted by Gasteiger charge is 2.18. The molecule has 0 aliphatic carbocycles. The zero-order valence-electron chi connectivity index (χ0n) is 14.1. The Kier molecular flexibility index (Phi) is 6.04. The molecule has 2 aromatic carbocycles. The SMILES string of the molecule is CCc1ccc(C(CNC(=O)c2cc(F)ccc2F)N(C)C)cc1. The van der Waals surface area contributed by atoms with Crippen molar-refractivity contribution in [2.75, 3.05) is 20.6 Å². The average Bonchev–Trinajstić information content (AvgIpc) is 2.57. The van der Waals surface area contributed by atoms with Gasteiger partial charge in [0.25, 0.3) is 5.91 Å². The largest absolute Gasteiger partial charge is 0.350 e. The number of carbonyl (C=O) groups excluding carboxylic acids is 1. The highest BCUT2D eigenvalue weighted by molar-refractivity contribution is 5.94. The third-order valence-electron chi connectivity index (χ3n) is 4.03. The van der Waals surface area contributed by atoms with Crippen LogP contribution in [0.3, 0.4) is 0 Å². The minimum absolute atomic E-state index is 0.0588. The van der Waals surface area contributed by atoms with Gasteiger partial charge < -0.3 is 10.2 Å². The average molecular weight is 332 g/mol. The maximum atomic E-state index is 13.7. The van der Waals surface area contributed by atoms with Crippen molar-refractivity contribution in [3.63, 3.8) is 0 Å². The molecule has 0 bridgehead atoms. The molecule has 0 aromatic heterocycles. The number of rotatable bonds is 6. The minimum atomic E-state index is -0.734. The molecule has 128 valence electrons. The first-order valence-corrected chi connectivity index (χ1v) is 7.91. The van der Waals surface area contributed by atoms with Crippen molar-refractivity contribution < 1.29 is 13.6 Å². The Morgan fingerprint density at radius 3 is 2.38 bits per heavy atom. The summed E-state index contributed by atoms with van der Waals surface area (Å²) in [7, 11) is 3.82. The van der Waals surface area contributed by atoms with Gasteiger partial charge in [0.2, 0.25) is 0 Å². The number of halogens is 2. The van der Waals surface area contributed by atoms with Gasteiger partial charge in [-0.25, -0.2) is 8.78 Å². The molecule has 1 amide bonds. The van der Waals surface area contributed by atoms with E-state index in [0.717, 1.165) is 30.2 Å². The molecule has 0 spiro atoms. The third-order valence-corrected chi connectivity index (χ3v) is 4.03. The Morgan fingerprint density at radius 2 is 1.79 bits per heavy atom. The van der Waals surface area contributed by atoms with E-state index in [9.17, 15) is 13.6 Å². The van der Waals surface area contributed by atoms with Crippen molar-refractivity contribution in [1.82, 2.24) is 10.2 Å². The number of carbonyl (C=O) groups is 1. The van der Waals surface area contributed by atoms with Crippen molar-refractivity contribution in [3.8, 4) is 0 Å². The Morgan fingerprint density at radius 1 is 1.12 bits per heavy atom.